The van der Waals surface area contributed by atoms with E-state index in [1.54, 1.807) is 34.1 Å². The Morgan fingerprint density at radius 3 is 2.59 bits per heavy atom. The van der Waals surface area contributed by atoms with Crippen molar-refractivity contribution in [3.63, 3.8) is 0 Å². The third kappa shape index (κ3) is 5.46. The molecule has 204 valence electrons. The van der Waals surface area contributed by atoms with Gasteiger partial charge in [-0.05, 0) is 56.2 Å². The number of aromatic nitrogens is 2. The van der Waals surface area contributed by atoms with Crippen molar-refractivity contribution >= 4 is 34.5 Å². The number of nitrogens with zero attached hydrogens (tertiary/aromatic N) is 5. The highest BCUT2D eigenvalue weighted by Crippen LogP contribution is 2.35. The minimum Gasteiger partial charge on any atom is -0.363 e. The summed E-state index contributed by atoms with van der Waals surface area (Å²) in [5, 5.41) is 8.64. The van der Waals surface area contributed by atoms with Crippen molar-refractivity contribution in [1.82, 2.24) is 25.6 Å². The van der Waals surface area contributed by atoms with Crippen molar-refractivity contribution in [2.75, 3.05) is 23.9 Å². The zero-order valence-corrected chi connectivity index (χ0v) is 22.0. The summed E-state index contributed by atoms with van der Waals surface area (Å²) in [6.45, 7) is 4.66. The van der Waals surface area contributed by atoms with Crippen molar-refractivity contribution in [1.29, 1.82) is 0 Å². The largest absolute Gasteiger partial charge is 0.416 e. The van der Waals surface area contributed by atoms with Gasteiger partial charge in [0.25, 0.3) is 5.91 Å². The SMILES string of the molecule is Cc1ccc(C(=O)Nc2cc(/N=C3\CCCN3C)cc(C(F)(F)F)c2)cc1N1C=C(c2cnn(C)c2C)NN1. The second-order valence-corrected chi connectivity index (χ2v) is 9.69. The van der Waals surface area contributed by atoms with E-state index in [1.807, 2.05) is 39.0 Å². The first kappa shape index (κ1) is 26.3. The van der Waals surface area contributed by atoms with Crippen LogP contribution in [0.4, 0.5) is 30.2 Å². The molecule has 12 heteroatoms. The summed E-state index contributed by atoms with van der Waals surface area (Å²) in [5.41, 5.74) is 10.0. The number of amidine groups is 1. The van der Waals surface area contributed by atoms with Crippen LogP contribution in [-0.2, 0) is 13.2 Å². The molecule has 2 aromatic carbocycles. The Bertz CT molecular complexity index is 1490. The van der Waals surface area contributed by atoms with Crippen LogP contribution in [0.2, 0.25) is 0 Å². The average Bonchev–Trinajstić information content (AvgIpc) is 3.60. The van der Waals surface area contributed by atoms with E-state index in [-0.39, 0.29) is 16.9 Å². The van der Waals surface area contributed by atoms with Crippen LogP contribution in [0.25, 0.3) is 5.70 Å². The normalized spacial score (nSPS) is 16.6. The third-order valence-electron chi connectivity index (χ3n) is 6.92. The number of rotatable bonds is 5. The van der Waals surface area contributed by atoms with Gasteiger partial charge in [-0.3, -0.25) is 14.5 Å². The predicted molar refractivity (Wildman–Crippen MR) is 144 cm³/mol. The second-order valence-electron chi connectivity index (χ2n) is 9.69. The molecule has 5 rings (SSSR count). The lowest BCUT2D eigenvalue weighted by Crippen LogP contribution is -2.36. The summed E-state index contributed by atoms with van der Waals surface area (Å²) in [6.07, 6.45) is 0.616. The Balaban J connectivity index is 1.41. The van der Waals surface area contributed by atoms with Crippen molar-refractivity contribution in [2.45, 2.75) is 32.9 Å². The number of anilines is 2. The number of nitrogens with one attached hydrogen (secondary N) is 3. The molecule has 9 nitrogen and oxygen atoms in total. The molecule has 0 atom stereocenters. The minimum atomic E-state index is -4.58. The standard InChI is InChI=1S/C27H29F3N8O/c1-16-7-8-18(10-24(16)38-15-23(34-35-38)22-14-31-37(4)17(22)2)26(39)33-21-12-19(27(28,29)30)11-20(13-21)32-25-6-5-9-36(25)3/h7-8,10-15,34-35H,5-6,9H2,1-4H3,(H,33,39)/b32-25+. The second kappa shape index (κ2) is 10.1. The van der Waals surface area contributed by atoms with E-state index in [2.05, 4.69) is 26.4 Å². The van der Waals surface area contributed by atoms with E-state index in [1.165, 1.54) is 6.07 Å². The highest BCUT2D eigenvalue weighted by atomic mass is 19.4. The van der Waals surface area contributed by atoms with Gasteiger partial charge >= 0.3 is 6.18 Å². The lowest BCUT2D eigenvalue weighted by Gasteiger charge is -2.19. The van der Waals surface area contributed by atoms with Gasteiger partial charge in [-0.1, -0.05) is 6.07 Å². The Kier molecular flexibility index (Phi) is 6.81. The number of hydrazine groups is 2. The molecule has 3 aromatic rings. The van der Waals surface area contributed by atoms with Crippen LogP contribution in [0.5, 0.6) is 0 Å². The molecule has 0 radical (unpaired) electrons. The van der Waals surface area contributed by atoms with Crippen LogP contribution < -0.4 is 21.3 Å². The van der Waals surface area contributed by atoms with Gasteiger partial charge in [-0.25, -0.2) is 4.99 Å². The van der Waals surface area contributed by atoms with Gasteiger partial charge < -0.3 is 15.6 Å². The molecule has 0 unspecified atom stereocenters. The smallest absolute Gasteiger partial charge is 0.363 e. The van der Waals surface area contributed by atoms with Crippen molar-refractivity contribution in [3.8, 4) is 0 Å². The summed E-state index contributed by atoms with van der Waals surface area (Å²) in [5.74, 6) is 0.182. The molecule has 0 spiro atoms. The molecule has 1 amide bonds. The number of carbonyl (C=O) groups is 1. The van der Waals surface area contributed by atoms with E-state index >= 15 is 0 Å². The third-order valence-corrected chi connectivity index (χ3v) is 6.92. The Morgan fingerprint density at radius 1 is 1.13 bits per heavy atom. The Labute approximate surface area is 223 Å². The van der Waals surface area contributed by atoms with Crippen LogP contribution in [0.1, 0.15) is 45.6 Å². The summed E-state index contributed by atoms with van der Waals surface area (Å²) in [6, 6.07) is 8.48. The summed E-state index contributed by atoms with van der Waals surface area (Å²) in [7, 11) is 3.72. The maximum absolute atomic E-state index is 13.6. The fourth-order valence-electron chi connectivity index (χ4n) is 4.55. The number of hydrogen-bond donors (Lipinski definition) is 3. The van der Waals surface area contributed by atoms with Crippen LogP contribution in [0, 0.1) is 13.8 Å². The number of hydrogen-bond acceptors (Lipinski definition) is 6. The predicted octanol–water partition coefficient (Wildman–Crippen LogP) is 4.89. The number of benzene rings is 2. The highest BCUT2D eigenvalue weighted by molar-refractivity contribution is 6.05. The molecule has 0 saturated carbocycles. The zero-order valence-electron chi connectivity index (χ0n) is 22.0. The molecule has 1 aromatic heterocycles. The van der Waals surface area contributed by atoms with E-state index in [9.17, 15) is 18.0 Å². The molecule has 0 aliphatic carbocycles. The molecular weight excluding hydrogens is 509 g/mol. The first-order chi connectivity index (χ1) is 18.5. The van der Waals surface area contributed by atoms with Crippen LogP contribution >= 0.6 is 0 Å². The number of halogens is 3. The van der Waals surface area contributed by atoms with Gasteiger partial charge in [-0.15, -0.1) is 5.53 Å². The average molecular weight is 539 g/mol. The van der Waals surface area contributed by atoms with Gasteiger partial charge in [-0.2, -0.15) is 18.3 Å². The lowest BCUT2D eigenvalue weighted by atomic mass is 10.1. The topological polar surface area (TPSA) is 89.8 Å². The minimum absolute atomic E-state index is 0.0205. The van der Waals surface area contributed by atoms with Crippen molar-refractivity contribution in [2.24, 2.45) is 12.0 Å². The van der Waals surface area contributed by atoms with Crippen LogP contribution in [0.3, 0.4) is 0 Å². The van der Waals surface area contributed by atoms with Crippen molar-refractivity contribution < 1.29 is 18.0 Å². The molecule has 1 fully saturated rings. The fourth-order valence-corrected chi connectivity index (χ4v) is 4.55. The van der Waals surface area contributed by atoms with Crippen molar-refractivity contribution in [3.05, 3.63) is 76.7 Å². The maximum Gasteiger partial charge on any atom is 0.416 e. The number of carbonyl (C=O) groups excluding carboxylic acids is 1. The molecule has 2 aliphatic heterocycles. The molecule has 3 N–H and O–H groups in total. The van der Waals surface area contributed by atoms with E-state index < -0.39 is 17.6 Å². The summed E-state index contributed by atoms with van der Waals surface area (Å²) in [4.78, 5) is 19.5. The first-order valence-electron chi connectivity index (χ1n) is 12.4. The zero-order chi connectivity index (χ0) is 27.9. The molecule has 1 saturated heterocycles. The molecule has 2 aliphatic rings. The monoisotopic (exact) mass is 538 g/mol. The number of likely N-dealkylation sites (tertiary alicyclic amines) is 1. The summed E-state index contributed by atoms with van der Waals surface area (Å²) < 4.78 is 42.7. The Morgan fingerprint density at radius 2 is 1.92 bits per heavy atom. The van der Waals surface area contributed by atoms with Crippen LogP contribution in [0.15, 0.2) is 53.8 Å². The number of aryl methyl sites for hydroxylation is 2. The number of alkyl halides is 3. The van der Waals surface area contributed by atoms with E-state index in [0.29, 0.717) is 12.1 Å². The number of amides is 1. The quantitative estimate of drug-likeness (QED) is 0.429. The molecule has 3 heterocycles. The first-order valence-corrected chi connectivity index (χ1v) is 12.4. The number of aliphatic imine (C=N–C) groups is 1. The fraction of sp³-hybridized carbons (Fsp3) is 0.296. The summed E-state index contributed by atoms with van der Waals surface area (Å²) >= 11 is 0. The molecular formula is C27H29F3N8O. The molecule has 0 bridgehead atoms. The maximum atomic E-state index is 13.6. The van der Waals surface area contributed by atoms with E-state index in [4.69, 9.17) is 0 Å². The van der Waals surface area contributed by atoms with E-state index in [0.717, 1.165) is 53.5 Å². The lowest BCUT2D eigenvalue weighted by molar-refractivity contribution is -0.137. The van der Waals surface area contributed by atoms with Gasteiger partial charge in [0.15, 0.2) is 0 Å². The Hall–Kier alpha value is -4.32. The molecule has 39 heavy (non-hydrogen) atoms. The van der Waals surface area contributed by atoms with Gasteiger partial charge in [0, 0.05) is 55.8 Å². The van der Waals surface area contributed by atoms with Gasteiger partial charge in [0.05, 0.1) is 28.8 Å². The van der Waals surface area contributed by atoms with Crippen LogP contribution in [-0.4, -0.2) is 40.0 Å². The van der Waals surface area contributed by atoms with Gasteiger partial charge in [0.1, 0.15) is 5.84 Å². The highest BCUT2D eigenvalue weighted by Gasteiger charge is 2.32. The van der Waals surface area contributed by atoms with Gasteiger partial charge in [0.2, 0.25) is 0 Å².